The summed E-state index contributed by atoms with van der Waals surface area (Å²) in [5.41, 5.74) is 0. The van der Waals surface area contributed by atoms with E-state index in [4.69, 9.17) is 4.74 Å². The van der Waals surface area contributed by atoms with Crippen LogP contribution in [0.5, 0.6) is 0 Å². The van der Waals surface area contributed by atoms with Crippen LogP contribution < -0.4 is 5.32 Å². The zero-order valence-corrected chi connectivity index (χ0v) is 45.2. The van der Waals surface area contributed by atoms with Gasteiger partial charge < -0.3 is 20.3 Å². The summed E-state index contributed by atoms with van der Waals surface area (Å²) in [7, 11) is 0. The Morgan fingerprint density at radius 2 is 0.779 bits per heavy atom. The summed E-state index contributed by atoms with van der Waals surface area (Å²) in [6, 6.07) is -0.708. The molecule has 0 bridgehead atoms. The summed E-state index contributed by atoms with van der Waals surface area (Å²) in [6.45, 7) is 6.43. The maximum Gasteiger partial charge on any atom is 0.306 e. The summed E-state index contributed by atoms with van der Waals surface area (Å²) in [4.78, 5) is 26.3. The van der Waals surface area contributed by atoms with Gasteiger partial charge in [0.05, 0.1) is 25.2 Å². The fourth-order valence-corrected chi connectivity index (χ4v) is 8.99. The first-order valence-corrected chi connectivity index (χ1v) is 29.6. The highest BCUT2D eigenvalue weighted by molar-refractivity contribution is 5.77. The number of carbonyl (C=O) groups is 2. The Bertz CT molecular complexity index is 1210. The van der Waals surface area contributed by atoms with Crippen molar-refractivity contribution in [2.75, 3.05) is 6.61 Å². The first-order chi connectivity index (χ1) is 33.5. The number of rotatable bonds is 53. The Labute approximate surface area is 422 Å². The summed E-state index contributed by atoms with van der Waals surface area (Å²) in [5.74, 6) is -0.490. The number of nitrogens with one attached hydrogen (secondary N) is 1. The van der Waals surface area contributed by atoms with Crippen LogP contribution in [-0.4, -0.2) is 46.9 Å². The first kappa shape index (κ1) is 65.6. The molecule has 396 valence electrons. The van der Waals surface area contributed by atoms with Crippen molar-refractivity contribution in [2.45, 2.75) is 315 Å². The average Bonchev–Trinajstić information content (AvgIpc) is 3.33. The zero-order chi connectivity index (χ0) is 49.5. The molecular weight excluding hydrogens is 839 g/mol. The molecule has 0 saturated carbocycles. The third kappa shape index (κ3) is 50.0. The maximum absolute atomic E-state index is 13.3. The van der Waals surface area contributed by atoms with Gasteiger partial charge in [-0.2, -0.15) is 0 Å². The molecule has 6 heteroatoms. The highest BCUT2D eigenvalue weighted by atomic mass is 16.5. The van der Waals surface area contributed by atoms with E-state index in [0.717, 1.165) is 77.0 Å². The number of aliphatic hydroxyl groups excluding tert-OH is 2. The van der Waals surface area contributed by atoms with Gasteiger partial charge in [-0.05, 0) is 44.9 Å². The fourth-order valence-electron chi connectivity index (χ4n) is 8.99. The van der Waals surface area contributed by atoms with Gasteiger partial charge in [-0.3, -0.25) is 9.59 Å². The lowest BCUT2D eigenvalue weighted by atomic mass is 10.0. The first-order valence-electron chi connectivity index (χ1n) is 29.6. The summed E-state index contributed by atoms with van der Waals surface area (Å²) in [6.07, 6.45) is 69.9. The largest absolute Gasteiger partial charge is 0.462 e. The van der Waals surface area contributed by atoms with Crippen LogP contribution in [0.1, 0.15) is 297 Å². The average molecular weight is 953 g/mol. The zero-order valence-electron chi connectivity index (χ0n) is 45.2. The molecule has 0 aromatic carbocycles. The molecule has 0 aliphatic heterocycles. The number of carbonyl (C=O) groups excluding carboxylic acids is 2. The molecule has 3 atom stereocenters. The normalized spacial score (nSPS) is 13.5. The Hall–Kier alpha value is -2.44. The van der Waals surface area contributed by atoms with E-state index in [9.17, 15) is 19.8 Å². The molecule has 0 aliphatic carbocycles. The number of amides is 1. The van der Waals surface area contributed by atoms with Crippen LogP contribution >= 0.6 is 0 Å². The highest BCUT2D eigenvalue weighted by Crippen LogP contribution is 2.19. The SMILES string of the molecule is CCC/C=C/C=C/C=C/C=C/C=C/CCCCCCCC(=O)OC(CCCCCCCCCCCCCCCCCC)CC(=O)NC(CO)C(O)CCCCCCCCCCCCCCCCC. The van der Waals surface area contributed by atoms with E-state index < -0.39 is 18.2 Å². The van der Waals surface area contributed by atoms with Crippen LogP contribution in [0.2, 0.25) is 0 Å². The van der Waals surface area contributed by atoms with Crippen LogP contribution in [0.15, 0.2) is 60.8 Å². The fraction of sp³-hybridized carbons (Fsp3) is 0.806. The number of ether oxygens (including phenoxy) is 1. The molecule has 0 aromatic rings. The number of allylic oxidation sites excluding steroid dienone is 10. The van der Waals surface area contributed by atoms with E-state index in [-0.39, 0.29) is 24.9 Å². The van der Waals surface area contributed by atoms with Gasteiger partial charge in [0.15, 0.2) is 0 Å². The Morgan fingerprint density at radius 3 is 1.19 bits per heavy atom. The molecule has 3 N–H and O–H groups in total. The van der Waals surface area contributed by atoms with Gasteiger partial charge in [0, 0.05) is 6.42 Å². The molecule has 6 nitrogen and oxygen atoms in total. The minimum atomic E-state index is -0.793. The molecule has 0 radical (unpaired) electrons. The molecule has 0 aromatic heterocycles. The van der Waals surface area contributed by atoms with Crippen molar-refractivity contribution in [1.82, 2.24) is 5.32 Å². The van der Waals surface area contributed by atoms with Crippen molar-refractivity contribution in [2.24, 2.45) is 0 Å². The van der Waals surface area contributed by atoms with E-state index in [0.29, 0.717) is 19.3 Å². The Balaban J connectivity index is 4.60. The molecule has 0 spiro atoms. The third-order valence-electron chi connectivity index (χ3n) is 13.5. The number of hydrogen-bond acceptors (Lipinski definition) is 5. The summed E-state index contributed by atoms with van der Waals surface area (Å²) >= 11 is 0. The van der Waals surface area contributed by atoms with E-state index in [1.807, 2.05) is 24.3 Å². The Kier molecular flexibility index (Phi) is 53.5. The molecule has 68 heavy (non-hydrogen) atoms. The van der Waals surface area contributed by atoms with Crippen molar-refractivity contribution < 1.29 is 24.5 Å². The van der Waals surface area contributed by atoms with Crippen molar-refractivity contribution in [3.8, 4) is 0 Å². The number of hydrogen-bond donors (Lipinski definition) is 3. The molecule has 0 rings (SSSR count). The lowest BCUT2D eigenvalue weighted by molar-refractivity contribution is -0.151. The third-order valence-corrected chi connectivity index (χ3v) is 13.5. The molecule has 0 fully saturated rings. The lowest BCUT2D eigenvalue weighted by Gasteiger charge is -2.24. The van der Waals surface area contributed by atoms with E-state index in [1.54, 1.807) is 0 Å². The molecular formula is C62H113NO5. The topological polar surface area (TPSA) is 95.9 Å². The summed E-state index contributed by atoms with van der Waals surface area (Å²) < 4.78 is 5.96. The number of esters is 1. The second-order valence-corrected chi connectivity index (χ2v) is 20.2. The predicted octanol–water partition coefficient (Wildman–Crippen LogP) is 18.4. The molecule has 0 heterocycles. The quantitative estimate of drug-likeness (QED) is 0.0321. The highest BCUT2D eigenvalue weighted by Gasteiger charge is 2.24. The minimum absolute atomic E-state index is 0.0689. The molecule has 3 unspecified atom stereocenters. The van der Waals surface area contributed by atoms with Crippen LogP contribution in [0.3, 0.4) is 0 Å². The summed E-state index contributed by atoms with van der Waals surface area (Å²) in [5, 5.41) is 23.9. The van der Waals surface area contributed by atoms with E-state index in [2.05, 4.69) is 62.5 Å². The van der Waals surface area contributed by atoms with E-state index >= 15 is 0 Å². The van der Waals surface area contributed by atoms with Crippen molar-refractivity contribution in [1.29, 1.82) is 0 Å². The second kappa shape index (κ2) is 55.5. The molecule has 0 saturated heterocycles. The molecule has 1 amide bonds. The van der Waals surface area contributed by atoms with Gasteiger partial charge >= 0.3 is 5.97 Å². The maximum atomic E-state index is 13.3. The van der Waals surface area contributed by atoms with Crippen LogP contribution in [0.4, 0.5) is 0 Å². The monoisotopic (exact) mass is 952 g/mol. The standard InChI is InChI=1S/C62H113NO5/c1-4-7-10-13-16-19-22-25-28-30-31-34-37-40-43-46-49-52-55-62(67)68-58(53-50-47-44-41-38-35-33-29-26-23-20-17-14-11-8-5-2)56-61(66)63-59(57-64)60(65)54-51-48-45-42-39-36-32-27-24-21-18-15-12-9-6-3/h10,13,16,19,22,25,28,30-31,34,58-60,64-65H,4-9,11-12,14-15,17-18,20-21,23-24,26-27,29,32-33,35-57H2,1-3H3,(H,63,66)/b13-10+,19-16+,25-22+,30-28+,34-31+. The number of aliphatic hydroxyl groups is 2. The van der Waals surface area contributed by atoms with Crippen molar-refractivity contribution in [3.05, 3.63) is 60.8 Å². The van der Waals surface area contributed by atoms with Crippen LogP contribution in [0.25, 0.3) is 0 Å². The van der Waals surface area contributed by atoms with Gasteiger partial charge in [0.25, 0.3) is 0 Å². The predicted molar refractivity (Wildman–Crippen MR) is 296 cm³/mol. The Morgan fingerprint density at radius 1 is 0.426 bits per heavy atom. The minimum Gasteiger partial charge on any atom is -0.462 e. The van der Waals surface area contributed by atoms with Crippen molar-refractivity contribution in [3.63, 3.8) is 0 Å². The van der Waals surface area contributed by atoms with Crippen LogP contribution in [-0.2, 0) is 14.3 Å². The van der Waals surface area contributed by atoms with Gasteiger partial charge in [-0.15, -0.1) is 0 Å². The van der Waals surface area contributed by atoms with E-state index in [1.165, 1.54) is 173 Å². The van der Waals surface area contributed by atoms with Crippen molar-refractivity contribution >= 4 is 11.9 Å². The van der Waals surface area contributed by atoms with Gasteiger partial charge in [-0.1, -0.05) is 300 Å². The van der Waals surface area contributed by atoms with Gasteiger partial charge in [0.2, 0.25) is 5.91 Å². The lowest BCUT2D eigenvalue weighted by Crippen LogP contribution is -2.46. The molecule has 0 aliphatic rings. The second-order valence-electron chi connectivity index (χ2n) is 20.2. The van der Waals surface area contributed by atoms with Gasteiger partial charge in [0.1, 0.15) is 6.10 Å². The number of unbranched alkanes of at least 4 members (excludes halogenated alkanes) is 35. The van der Waals surface area contributed by atoms with Gasteiger partial charge in [-0.25, -0.2) is 0 Å². The van der Waals surface area contributed by atoms with Crippen LogP contribution in [0, 0.1) is 0 Å². The smallest absolute Gasteiger partial charge is 0.306 e.